The Morgan fingerprint density at radius 3 is 2.90 bits per heavy atom. The van der Waals surface area contributed by atoms with Gasteiger partial charge in [0, 0.05) is 18.2 Å². The molecule has 0 aromatic heterocycles. The molecular weight excluding hydrogens is 257 g/mol. The summed E-state index contributed by atoms with van der Waals surface area (Å²) in [5.74, 6) is -0.0498. The summed E-state index contributed by atoms with van der Waals surface area (Å²) in [6.45, 7) is 5.67. The van der Waals surface area contributed by atoms with Crippen LogP contribution >= 0.6 is 0 Å². The van der Waals surface area contributed by atoms with Crippen LogP contribution in [0.1, 0.15) is 38.7 Å². The molecule has 20 heavy (non-hydrogen) atoms. The van der Waals surface area contributed by atoms with Crippen molar-refractivity contribution in [2.24, 2.45) is 0 Å². The lowest BCUT2D eigenvalue weighted by molar-refractivity contribution is -0.119. The minimum Gasteiger partial charge on any atom is -0.423 e. The fourth-order valence-corrected chi connectivity index (χ4v) is 2.33. The van der Waals surface area contributed by atoms with Crippen LogP contribution in [0.25, 0.3) is 0 Å². The lowest BCUT2D eigenvalue weighted by Crippen LogP contribution is -2.42. The number of nitrogens with one attached hydrogen (secondary N) is 1. The summed E-state index contributed by atoms with van der Waals surface area (Å²) in [4.78, 5) is 11.8. The molecule has 1 amide bonds. The highest BCUT2D eigenvalue weighted by Gasteiger charge is 2.29. The van der Waals surface area contributed by atoms with E-state index in [-0.39, 0.29) is 18.2 Å². The first-order valence-electron chi connectivity index (χ1n) is 6.72. The number of hydrogen-bond donors (Lipinski definition) is 3. The van der Waals surface area contributed by atoms with Gasteiger partial charge in [-0.15, -0.1) is 0 Å². The molecule has 0 saturated carbocycles. The van der Waals surface area contributed by atoms with Gasteiger partial charge < -0.3 is 20.1 Å². The number of aliphatic hydroxyl groups is 1. The van der Waals surface area contributed by atoms with E-state index in [9.17, 15) is 14.9 Å². The van der Waals surface area contributed by atoms with Crippen LogP contribution in [-0.2, 0) is 9.45 Å². The number of amides is 1. The van der Waals surface area contributed by atoms with Crippen molar-refractivity contribution in [2.45, 2.75) is 38.7 Å². The molecule has 0 radical (unpaired) electrons. The van der Waals surface area contributed by atoms with Gasteiger partial charge in [0.05, 0.1) is 12.0 Å². The molecular formula is C14H20BNO4. The zero-order valence-electron chi connectivity index (χ0n) is 12.0. The maximum Gasteiger partial charge on any atom is 0.491 e. The number of hydrogen-bond acceptors (Lipinski definition) is 4. The summed E-state index contributed by atoms with van der Waals surface area (Å²) in [5, 5.41) is 22.2. The summed E-state index contributed by atoms with van der Waals surface area (Å²) in [6.07, 6.45) is 0.0134. The second-order valence-corrected chi connectivity index (χ2v) is 5.97. The van der Waals surface area contributed by atoms with Crippen LogP contribution in [0.15, 0.2) is 18.2 Å². The predicted octanol–water partition coefficient (Wildman–Crippen LogP) is 0.607. The van der Waals surface area contributed by atoms with Crippen molar-refractivity contribution in [3.63, 3.8) is 0 Å². The van der Waals surface area contributed by atoms with Crippen molar-refractivity contribution in [1.82, 2.24) is 0 Å². The summed E-state index contributed by atoms with van der Waals surface area (Å²) in [6, 6.07) is 5.42. The Balaban J connectivity index is 2.15. The van der Waals surface area contributed by atoms with Crippen molar-refractivity contribution >= 4 is 24.2 Å². The number of rotatable bonds is 3. The predicted molar refractivity (Wildman–Crippen MR) is 78.0 cm³/mol. The number of anilines is 1. The van der Waals surface area contributed by atoms with Crippen LogP contribution in [0, 0.1) is 0 Å². The van der Waals surface area contributed by atoms with Crippen LogP contribution in [-0.4, -0.2) is 35.4 Å². The van der Waals surface area contributed by atoms with E-state index in [0.29, 0.717) is 17.8 Å². The molecule has 1 aromatic rings. The monoisotopic (exact) mass is 277 g/mol. The van der Waals surface area contributed by atoms with Crippen molar-refractivity contribution < 1.29 is 19.6 Å². The SMILES string of the molecule is CC1COB(O)c2cc(NC(=O)CC(C)(C)O)ccc21. The van der Waals surface area contributed by atoms with Crippen LogP contribution in [0.3, 0.4) is 0 Å². The van der Waals surface area contributed by atoms with Crippen LogP contribution < -0.4 is 10.8 Å². The van der Waals surface area contributed by atoms with Gasteiger partial charge >= 0.3 is 7.12 Å². The molecule has 108 valence electrons. The molecule has 1 unspecified atom stereocenters. The molecule has 5 nitrogen and oxygen atoms in total. The van der Waals surface area contributed by atoms with Gasteiger partial charge in [-0.1, -0.05) is 13.0 Å². The Kier molecular flexibility index (Phi) is 4.18. The second kappa shape index (κ2) is 5.56. The maximum absolute atomic E-state index is 11.8. The van der Waals surface area contributed by atoms with Gasteiger partial charge in [0.15, 0.2) is 0 Å². The van der Waals surface area contributed by atoms with Gasteiger partial charge in [-0.3, -0.25) is 4.79 Å². The standard InChI is InChI=1S/C14H20BNO4/c1-9-8-20-15(19)12-6-10(4-5-11(9)12)16-13(17)7-14(2,3)18/h4-6,9,18-19H,7-8H2,1-3H3,(H,16,17). The summed E-state index contributed by atoms with van der Waals surface area (Å²) >= 11 is 0. The van der Waals surface area contributed by atoms with E-state index in [0.717, 1.165) is 5.56 Å². The van der Waals surface area contributed by atoms with Crippen LogP contribution in [0.4, 0.5) is 5.69 Å². The molecule has 1 heterocycles. The van der Waals surface area contributed by atoms with Gasteiger partial charge in [-0.25, -0.2) is 0 Å². The molecule has 6 heteroatoms. The van der Waals surface area contributed by atoms with E-state index in [2.05, 4.69) is 5.32 Å². The highest BCUT2D eigenvalue weighted by molar-refractivity contribution is 6.61. The van der Waals surface area contributed by atoms with E-state index in [1.54, 1.807) is 26.0 Å². The minimum atomic E-state index is -1.05. The van der Waals surface area contributed by atoms with Crippen LogP contribution in [0.5, 0.6) is 0 Å². The van der Waals surface area contributed by atoms with Gasteiger partial charge in [0.2, 0.25) is 5.91 Å². The quantitative estimate of drug-likeness (QED) is 0.707. The molecule has 1 aromatic carbocycles. The molecule has 0 bridgehead atoms. The highest BCUT2D eigenvalue weighted by Crippen LogP contribution is 2.21. The second-order valence-electron chi connectivity index (χ2n) is 5.97. The van der Waals surface area contributed by atoms with Gasteiger partial charge in [0.1, 0.15) is 0 Å². The Morgan fingerprint density at radius 2 is 2.25 bits per heavy atom. The number of carbonyl (C=O) groups is 1. The molecule has 1 aliphatic rings. The molecule has 0 spiro atoms. The number of benzene rings is 1. The topological polar surface area (TPSA) is 78.8 Å². The Hall–Kier alpha value is -1.37. The third-order valence-corrected chi connectivity index (χ3v) is 3.26. The average molecular weight is 277 g/mol. The first kappa shape index (κ1) is 15.0. The summed E-state index contributed by atoms with van der Waals surface area (Å²) < 4.78 is 5.26. The maximum atomic E-state index is 11.8. The van der Waals surface area contributed by atoms with E-state index < -0.39 is 12.7 Å². The van der Waals surface area contributed by atoms with Crippen LogP contribution in [0.2, 0.25) is 0 Å². The van der Waals surface area contributed by atoms with Crippen molar-refractivity contribution in [2.75, 3.05) is 11.9 Å². The molecule has 0 aliphatic carbocycles. The van der Waals surface area contributed by atoms with E-state index in [4.69, 9.17) is 4.65 Å². The third-order valence-electron chi connectivity index (χ3n) is 3.26. The summed E-state index contributed by atoms with van der Waals surface area (Å²) in [5.41, 5.74) is 1.26. The van der Waals surface area contributed by atoms with Crippen molar-refractivity contribution in [1.29, 1.82) is 0 Å². The normalized spacial score (nSPS) is 18.6. The zero-order valence-corrected chi connectivity index (χ0v) is 12.0. The molecule has 3 N–H and O–H groups in total. The lowest BCUT2D eigenvalue weighted by atomic mass is 9.71. The van der Waals surface area contributed by atoms with Gasteiger partial charge in [-0.05, 0) is 37.0 Å². The highest BCUT2D eigenvalue weighted by atomic mass is 16.5. The van der Waals surface area contributed by atoms with E-state index in [1.165, 1.54) is 0 Å². The average Bonchev–Trinajstić information content (AvgIpc) is 2.31. The molecule has 0 fully saturated rings. The number of fused-ring (bicyclic) bond motifs is 1. The van der Waals surface area contributed by atoms with Crippen molar-refractivity contribution in [3.05, 3.63) is 23.8 Å². The summed E-state index contributed by atoms with van der Waals surface area (Å²) in [7, 11) is -0.952. The largest absolute Gasteiger partial charge is 0.491 e. The fraction of sp³-hybridized carbons (Fsp3) is 0.500. The Labute approximate surface area is 119 Å². The zero-order chi connectivity index (χ0) is 14.9. The lowest BCUT2D eigenvalue weighted by Gasteiger charge is -2.25. The van der Waals surface area contributed by atoms with Gasteiger partial charge in [-0.2, -0.15) is 0 Å². The molecule has 1 aliphatic heterocycles. The van der Waals surface area contributed by atoms with Gasteiger partial charge in [0.25, 0.3) is 0 Å². The Bertz CT molecular complexity index is 512. The first-order chi connectivity index (χ1) is 9.26. The number of carbonyl (C=O) groups excluding carboxylic acids is 1. The van der Waals surface area contributed by atoms with E-state index >= 15 is 0 Å². The molecule has 1 atom stereocenters. The fourth-order valence-electron chi connectivity index (χ4n) is 2.33. The smallest absolute Gasteiger partial charge is 0.423 e. The first-order valence-corrected chi connectivity index (χ1v) is 6.72. The van der Waals surface area contributed by atoms with E-state index in [1.807, 2.05) is 13.0 Å². The molecule has 2 rings (SSSR count). The Morgan fingerprint density at radius 1 is 1.55 bits per heavy atom. The minimum absolute atomic E-state index is 0.0134. The van der Waals surface area contributed by atoms with Crippen molar-refractivity contribution in [3.8, 4) is 0 Å². The third kappa shape index (κ3) is 3.59. The molecule has 0 saturated heterocycles.